The van der Waals surface area contributed by atoms with Gasteiger partial charge in [0, 0.05) is 12.6 Å². The molecule has 0 radical (unpaired) electrons. The number of likely N-dealkylation sites (tertiary alicyclic amines) is 1. The zero-order valence-corrected chi connectivity index (χ0v) is 8.10. The van der Waals surface area contributed by atoms with Gasteiger partial charge in [-0.05, 0) is 26.8 Å². The first-order valence-electron chi connectivity index (χ1n) is 4.67. The van der Waals surface area contributed by atoms with Crippen molar-refractivity contribution in [3.8, 4) is 0 Å². The third kappa shape index (κ3) is 2.42. The van der Waals surface area contributed by atoms with Crippen molar-refractivity contribution in [2.45, 2.75) is 32.4 Å². The van der Waals surface area contributed by atoms with Crippen LogP contribution in [0.1, 0.15) is 20.3 Å². The quantitative estimate of drug-likeness (QED) is 0.661. The van der Waals surface area contributed by atoms with Crippen molar-refractivity contribution in [1.29, 1.82) is 0 Å². The summed E-state index contributed by atoms with van der Waals surface area (Å²) in [5.41, 5.74) is 0. The number of rotatable bonds is 3. The van der Waals surface area contributed by atoms with Crippen LogP contribution in [0.4, 0.5) is 0 Å². The molecule has 0 aromatic rings. The van der Waals surface area contributed by atoms with Gasteiger partial charge in [-0.25, -0.2) is 0 Å². The predicted molar refractivity (Wildman–Crippen MR) is 48.5 cm³/mol. The maximum Gasteiger partial charge on any atom is 0.307 e. The Labute approximate surface area is 78.2 Å². The van der Waals surface area contributed by atoms with E-state index in [1.165, 1.54) is 0 Å². The zero-order chi connectivity index (χ0) is 10.0. The minimum atomic E-state index is -0.722. The van der Waals surface area contributed by atoms with Crippen LogP contribution in [0.15, 0.2) is 0 Å². The van der Waals surface area contributed by atoms with Crippen LogP contribution in [0.3, 0.4) is 0 Å². The molecule has 13 heavy (non-hydrogen) atoms. The average molecular weight is 187 g/mol. The maximum absolute atomic E-state index is 10.7. The van der Waals surface area contributed by atoms with Crippen LogP contribution < -0.4 is 0 Å². The van der Waals surface area contributed by atoms with E-state index in [0.29, 0.717) is 13.0 Å². The lowest BCUT2D eigenvalue weighted by Crippen LogP contribution is -2.39. The number of aliphatic carboxylic acids is 1. The number of aliphatic hydroxyl groups excluding tert-OH is 1. The second-order valence-corrected chi connectivity index (χ2v) is 3.80. The van der Waals surface area contributed by atoms with Gasteiger partial charge in [-0.2, -0.15) is 0 Å². The van der Waals surface area contributed by atoms with Crippen LogP contribution in [-0.4, -0.2) is 46.3 Å². The van der Waals surface area contributed by atoms with E-state index in [-0.39, 0.29) is 12.0 Å². The second-order valence-electron chi connectivity index (χ2n) is 3.80. The fraction of sp³-hybridized carbons (Fsp3) is 0.889. The van der Waals surface area contributed by atoms with Crippen molar-refractivity contribution < 1.29 is 15.0 Å². The zero-order valence-electron chi connectivity index (χ0n) is 8.10. The Morgan fingerprint density at radius 2 is 2.15 bits per heavy atom. The summed E-state index contributed by atoms with van der Waals surface area (Å²) in [7, 11) is 0. The molecule has 0 saturated carbocycles. The SMILES string of the molecule is CC(O)C(C)N1CCC(C(=O)O)C1. The van der Waals surface area contributed by atoms with Crippen LogP contribution in [-0.2, 0) is 4.79 Å². The highest BCUT2D eigenvalue weighted by atomic mass is 16.4. The highest BCUT2D eigenvalue weighted by Crippen LogP contribution is 2.19. The normalized spacial score (nSPS) is 28.7. The summed E-state index contributed by atoms with van der Waals surface area (Å²) in [6, 6.07) is 0.0596. The van der Waals surface area contributed by atoms with E-state index in [1.54, 1.807) is 6.92 Å². The van der Waals surface area contributed by atoms with Crippen LogP contribution in [0.5, 0.6) is 0 Å². The molecule has 0 aromatic carbocycles. The van der Waals surface area contributed by atoms with E-state index >= 15 is 0 Å². The second kappa shape index (κ2) is 4.07. The van der Waals surface area contributed by atoms with Gasteiger partial charge in [0.05, 0.1) is 12.0 Å². The molecule has 0 bridgehead atoms. The van der Waals surface area contributed by atoms with Crippen molar-refractivity contribution in [3.63, 3.8) is 0 Å². The molecule has 1 aliphatic heterocycles. The molecule has 1 fully saturated rings. The molecule has 4 nitrogen and oxygen atoms in total. The van der Waals surface area contributed by atoms with Crippen LogP contribution in [0, 0.1) is 5.92 Å². The van der Waals surface area contributed by atoms with Gasteiger partial charge in [0.15, 0.2) is 0 Å². The van der Waals surface area contributed by atoms with E-state index in [2.05, 4.69) is 0 Å². The Morgan fingerprint density at radius 1 is 1.54 bits per heavy atom. The molecule has 3 atom stereocenters. The summed E-state index contributed by atoms with van der Waals surface area (Å²) >= 11 is 0. The molecule has 1 aliphatic rings. The summed E-state index contributed by atoms with van der Waals surface area (Å²) < 4.78 is 0. The molecule has 1 rings (SSSR count). The van der Waals surface area contributed by atoms with Crippen LogP contribution in [0.25, 0.3) is 0 Å². The van der Waals surface area contributed by atoms with Crippen molar-refractivity contribution in [2.24, 2.45) is 5.92 Å². The first kappa shape index (κ1) is 10.5. The highest BCUT2D eigenvalue weighted by molar-refractivity contribution is 5.70. The number of hydrogen-bond acceptors (Lipinski definition) is 3. The van der Waals surface area contributed by atoms with Gasteiger partial charge in [0.25, 0.3) is 0 Å². The number of nitrogens with zero attached hydrogens (tertiary/aromatic N) is 1. The fourth-order valence-corrected chi connectivity index (χ4v) is 1.66. The molecule has 0 amide bonds. The van der Waals surface area contributed by atoms with Gasteiger partial charge in [0.2, 0.25) is 0 Å². The monoisotopic (exact) mass is 187 g/mol. The summed E-state index contributed by atoms with van der Waals surface area (Å²) in [5, 5.41) is 18.1. The molecule has 76 valence electrons. The van der Waals surface area contributed by atoms with Gasteiger partial charge in [-0.3, -0.25) is 9.69 Å². The molecule has 0 spiro atoms. The summed E-state index contributed by atoms with van der Waals surface area (Å²) in [5.74, 6) is -0.971. The first-order chi connectivity index (χ1) is 6.02. The molecule has 1 heterocycles. The predicted octanol–water partition coefficient (Wildman–Crippen LogP) is 0.162. The van der Waals surface area contributed by atoms with Gasteiger partial charge in [-0.15, -0.1) is 0 Å². The maximum atomic E-state index is 10.7. The number of aliphatic hydroxyl groups is 1. The Hall–Kier alpha value is -0.610. The van der Waals surface area contributed by atoms with Crippen LogP contribution in [0.2, 0.25) is 0 Å². The average Bonchev–Trinajstić information content (AvgIpc) is 2.50. The van der Waals surface area contributed by atoms with E-state index < -0.39 is 12.1 Å². The van der Waals surface area contributed by atoms with E-state index in [9.17, 15) is 9.90 Å². The smallest absolute Gasteiger partial charge is 0.307 e. The van der Waals surface area contributed by atoms with Crippen LogP contribution >= 0.6 is 0 Å². The highest BCUT2D eigenvalue weighted by Gasteiger charge is 2.31. The van der Waals surface area contributed by atoms with Crippen molar-refractivity contribution in [2.75, 3.05) is 13.1 Å². The summed E-state index contributed by atoms with van der Waals surface area (Å²) in [4.78, 5) is 12.7. The Morgan fingerprint density at radius 3 is 2.54 bits per heavy atom. The lowest BCUT2D eigenvalue weighted by atomic mass is 10.1. The van der Waals surface area contributed by atoms with Crippen molar-refractivity contribution in [1.82, 2.24) is 4.90 Å². The molecule has 0 aromatic heterocycles. The largest absolute Gasteiger partial charge is 0.481 e. The van der Waals surface area contributed by atoms with Crippen molar-refractivity contribution in [3.05, 3.63) is 0 Å². The van der Waals surface area contributed by atoms with Gasteiger partial charge in [-0.1, -0.05) is 0 Å². The minimum Gasteiger partial charge on any atom is -0.481 e. The van der Waals surface area contributed by atoms with Crippen molar-refractivity contribution >= 4 is 5.97 Å². The van der Waals surface area contributed by atoms with E-state index in [1.807, 2.05) is 11.8 Å². The summed E-state index contributed by atoms with van der Waals surface area (Å²) in [6.07, 6.45) is 0.305. The third-order valence-electron chi connectivity index (χ3n) is 2.84. The number of carbonyl (C=O) groups is 1. The lowest BCUT2D eigenvalue weighted by molar-refractivity contribution is -0.141. The molecule has 0 aliphatic carbocycles. The van der Waals surface area contributed by atoms with E-state index in [4.69, 9.17) is 5.11 Å². The summed E-state index contributed by atoms with van der Waals surface area (Å²) in [6.45, 7) is 5.01. The fourth-order valence-electron chi connectivity index (χ4n) is 1.66. The number of carboxylic acids is 1. The minimum absolute atomic E-state index is 0.0596. The molecular formula is C9H17NO3. The van der Waals surface area contributed by atoms with Gasteiger partial charge < -0.3 is 10.2 Å². The third-order valence-corrected chi connectivity index (χ3v) is 2.84. The van der Waals surface area contributed by atoms with Gasteiger partial charge >= 0.3 is 5.97 Å². The topological polar surface area (TPSA) is 60.8 Å². The Kier molecular flexibility index (Phi) is 3.27. The number of carboxylic acid groups (broad SMARTS) is 1. The molecule has 4 heteroatoms. The Bertz CT molecular complexity index is 193. The number of hydrogen-bond donors (Lipinski definition) is 2. The standard InChI is InChI=1S/C9H17NO3/c1-6(7(2)11)10-4-3-8(5-10)9(12)13/h6-8,11H,3-5H2,1-2H3,(H,12,13). The van der Waals surface area contributed by atoms with Gasteiger partial charge in [0.1, 0.15) is 0 Å². The first-order valence-corrected chi connectivity index (χ1v) is 4.67. The Balaban J connectivity index is 2.45. The van der Waals surface area contributed by atoms with E-state index in [0.717, 1.165) is 6.54 Å². The molecule has 1 saturated heterocycles. The molecular weight excluding hydrogens is 170 g/mol. The molecule has 2 N–H and O–H groups in total. The molecule has 3 unspecified atom stereocenters. The lowest BCUT2D eigenvalue weighted by Gasteiger charge is -2.26.